The molecule has 4 fully saturated rings. The number of nitrogen functional groups attached to an aromatic ring is 2. The average Bonchev–Trinajstić information content (AvgIpc) is 1.61. The molecule has 6 aliphatic rings. The Labute approximate surface area is 740 Å². The van der Waals surface area contributed by atoms with Gasteiger partial charge in [0.2, 0.25) is 29.5 Å². The number of aromatic nitrogens is 7. The number of nitrogens with two attached hydrogens (primary N) is 2. The highest BCUT2D eigenvalue weighted by atomic mass is 16.6. The van der Waals surface area contributed by atoms with Gasteiger partial charge >= 0.3 is 12.1 Å². The molecular weight excluding hydrogens is 1630 g/mol. The van der Waals surface area contributed by atoms with Crippen LogP contribution in [0.2, 0.25) is 0 Å². The van der Waals surface area contributed by atoms with Crippen LogP contribution in [0.25, 0.3) is 33.4 Å². The summed E-state index contributed by atoms with van der Waals surface area (Å²) in [4.78, 5) is 154. The van der Waals surface area contributed by atoms with Gasteiger partial charge in [-0.3, -0.25) is 38.5 Å². The van der Waals surface area contributed by atoms with Crippen molar-refractivity contribution in [3.05, 3.63) is 125 Å². The number of carbonyl (C=O) groups excluding carboxylic acids is 9. The molecule has 0 radical (unpaired) electrons. The highest BCUT2D eigenvalue weighted by molar-refractivity contribution is 6.38. The SMILES string of the molecule is CO[C@H]1CC2CCCC(O2)C(=O)C(=O)N2CCCC[C@H]2C(=O)O[C@H](CC[C@@H]2CC[C@@H](OC(=O)NCc3cnc(N4CCN(C(=O)CN(C)CC(=O)NCCOCCOCCC(=O)N5CCc6cc(Cn7nc(-c8ccc9oc(N)nc9c8)c8c(N)ncnc87)ccc6C5)CC4)nc3)[C@H](OC)C2)CC(=O)[C@H](C)/C=C(\C)[C@@H](O)[C@@H](O)C(=O)[C@H](C)C[C@H](C)/C=C/C=C/C=C/1C. The lowest BCUT2D eigenvalue weighted by molar-refractivity contribution is -0.167. The lowest BCUT2D eigenvalue weighted by Crippen LogP contribution is -2.54. The lowest BCUT2D eigenvalue weighted by atomic mass is 9.81. The van der Waals surface area contributed by atoms with Crippen LogP contribution in [0.3, 0.4) is 0 Å². The molecule has 2 bridgehead atoms. The molecule has 686 valence electrons. The largest absolute Gasteiger partial charge is 0.460 e. The van der Waals surface area contributed by atoms with E-state index in [0.29, 0.717) is 168 Å². The number of nitrogens with one attached hydrogen (secondary N) is 2. The highest BCUT2D eigenvalue weighted by Crippen LogP contribution is 2.37. The van der Waals surface area contributed by atoms with Crippen molar-refractivity contribution in [1.82, 2.24) is 64.9 Å². The van der Waals surface area contributed by atoms with Crippen molar-refractivity contribution >= 4 is 93.0 Å². The fourth-order valence-electron chi connectivity index (χ4n) is 17.7. The summed E-state index contributed by atoms with van der Waals surface area (Å²) in [7, 11) is 4.86. The van der Waals surface area contributed by atoms with Crippen LogP contribution in [0.4, 0.5) is 22.6 Å². The first kappa shape index (κ1) is 95.3. The number of likely N-dealkylation sites (N-methyl/N-ethyl adjacent to an activating group) is 1. The Morgan fingerprint density at radius 2 is 1.51 bits per heavy atom. The number of fused-ring (bicyclic) bond motifs is 6. The van der Waals surface area contributed by atoms with Crippen LogP contribution in [0.15, 0.2) is 107 Å². The van der Waals surface area contributed by atoms with E-state index < -0.39 is 84.0 Å². The first-order chi connectivity index (χ1) is 61.2. The number of nitrogens with zero attached hydrogens (tertiary/aromatic N) is 12. The Kier molecular flexibility index (Phi) is 34.3. The first-order valence-corrected chi connectivity index (χ1v) is 44.5. The van der Waals surface area contributed by atoms with Crippen LogP contribution < -0.4 is 27.0 Å². The summed E-state index contributed by atoms with van der Waals surface area (Å²) in [6.07, 6.45) is 14.7. The third-order valence-electron chi connectivity index (χ3n) is 24.9. The molecule has 8 N–H and O–H groups in total. The number of aliphatic hydroxyl groups excluding tert-OH is 2. The van der Waals surface area contributed by atoms with Crippen molar-refractivity contribution in [1.29, 1.82) is 0 Å². The molecule has 1 aliphatic carbocycles. The minimum absolute atomic E-state index is 0.00171. The van der Waals surface area contributed by atoms with E-state index in [2.05, 4.69) is 47.7 Å². The highest BCUT2D eigenvalue weighted by Gasteiger charge is 2.43. The molecule has 9 heterocycles. The van der Waals surface area contributed by atoms with Crippen molar-refractivity contribution in [3.63, 3.8) is 0 Å². The number of aliphatic hydroxyl groups is 2. The number of hydrogen-bond acceptors (Lipinski definition) is 29. The van der Waals surface area contributed by atoms with Crippen LogP contribution in [0.1, 0.15) is 153 Å². The summed E-state index contributed by atoms with van der Waals surface area (Å²) in [6, 6.07) is 10.7. The summed E-state index contributed by atoms with van der Waals surface area (Å²) in [6.45, 7) is 13.7. The predicted molar refractivity (Wildman–Crippen MR) is 471 cm³/mol. The van der Waals surface area contributed by atoms with Crippen molar-refractivity contribution < 1.29 is 90.9 Å². The number of hydrogen-bond donors (Lipinski definition) is 6. The third kappa shape index (κ3) is 26.0. The topological polar surface area (TPSA) is 446 Å². The molecule has 4 aromatic heterocycles. The molecule has 127 heavy (non-hydrogen) atoms. The second-order valence-corrected chi connectivity index (χ2v) is 34.5. The van der Waals surface area contributed by atoms with Gasteiger partial charge in [-0.1, -0.05) is 75.4 Å². The summed E-state index contributed by atoms with van der Waals surface area (Å²) in [5.41, 5.74) is 20.3. The predicted octanol–water partition coefficient (Wildman–Crippen LogP) is 7.30. The van der Waals surface area contributed by atoms with Gasteiger partial charge in [0.1, 0.15) is 65.7 Å². The maximum atomic E-state index is 14.6. The number of esters is 1. The van der Waals surface area contributed by atoms with E-state index in [-0.39, 0.29) is 144 Å². The van der Waals surface area contributed by atoms with Gasteiger partial charge in [0.25, 0.3) is 11.9 Å². The smallest absolute Gasteiger partial charge is 0.407 e. The Hall–Kier alpha value is -10.8. The second-order valence-electron chi connectivity index (χ2n) is 34.5. The molecule has 3 saturated heterocycles. The van der Waals surface area contributed by atoms with Gasteiger partial charge in [0.15, 0.2) is 17.0 Å². The maximum absolute atomic E-state index is 14.6. The molecular formula is C92H124N16O19. The lowest BCUT2D eigenvalue weighted by Gasteiger charge is -2.37. The standard InChI is InChI=1S/C92H124N16O19/c1-56-15-10-9-11-16-57(2)75(120-7)47-67-17-14-19-74(124-67)84(115)88(117)107-31-13-12-18-70(107)89(118)125-68(46-71(109)58(3)42-60(5)83(114)85(116)82(113)59(4)41-56)25-21-61-22-26-73(76(44-61)121-8)127-92(119)98-50-63-48-96-91(97-49-63)105-35-33-104(34-36-105)79(112)54-103(6)53-77(110)95-30-38-123-40-39-122-37-29-78(111)106-32-28-64-43-62(20-23-66(64)52-106)51-108-87-80(86(93)99-55-100-87)81(102-108)65-24-27-72-69(45-65)101-90(94)126-72/h9-11,15-16,20,23-24,27,42-43,45,48-49,55-56,58-59,61,67-68,70,73-76,83,85,114,116H,12-14,17-19,21-22,25-26,28-41,44,46-47,50-54H2,1-8H3,(H2,94,101)(H,95,110)(H,98,119)(H2,93,99,100)/b11-9+,15-10+,57-16+,60-42+/t56-,58-,59-,61-,67?,68-,70+,73-,74?,75+,76-,83-,85+/m1/s1. The number of anilines is 3. The molecule has 6 aromatic rings. The molecule has 35 heteroatoms. The number of benzene rings is 2. The quantitative estimate of drug-likeness (QED) is 0.0142. The van der Waals surface area contributed by atoms with Gasteiger partial charge in [0, 0.05) is 121 Å². The Morgan fingerprint density at radius 3 is 2.29 bits per heavy atom. The summed E-state index contributed by atoms with van der Waals surface area (Å²) >= 11 is 0. The van der Waals surface area contributed by atoms with Gasteiger partial charge in [-0.25, -0.2) is 34.2 Å². The number of methoxy groups -OCH3 is 2. The second kappa shape index (κ2) is 45.8. The van der Waals surface area contributed by atoms with E-state index in [1.54, 1.807) is 70.3 Å². The molecule has 1 saturated carbocycles. The van der Waals surface area contributed by atoms with E-state index in [4.69, 9.17) is 54.1 Å². The Morgan fingerprint density at radius 1 is 0.724 bits per heavy atom. The van der Waals surface area contributed by atoms with E-state index in [1.165, 1.54) is 17.3 Å². The Balaban J connectivity index is 0.530. The Bertz CT molecular complexity index is 4950. The van der Waals surface area contributed by atoms with E-state index >= 15 is 0 Å². The van der Waals surface area contributed by atoms with Crippen molar-refractivity contribution in [3.8, 4) is 11.3 Å². The number of amides is 5. The van der Waals surface area contributed by atoms with Crippen LogP contribution in [0.5, 0.6) is 0 Å². The van der Waals surface area contributed by atoms with Crippen LogP contribution in [-0.4, -0.2) is 279 Å². The number of ketones is 3. The number of carbonyl (C=O) groups is 9. The van der Waals surface area contributed by atoms with Gasteiger partial charge in [-0.2, -0.15) is 10.1 Å². The molecule has 13 atom stereocenters. The zero-order chi connectivity index (χ0) is 90.4. The van der Waals surface area contributed by atoms with Crippen LogP contribution in [0, 0.1) is 23.7 Å². The van der Waals surface area contributed by atoms with E-state index in [0.717, 1.165) is 27.8 Å². The monoisotopic (exact) mass is 1760 g/mol. The number of cyclic esters (lactones) is 1. The van der Waals surface area contributed by atoms with Gasteiger partial charge in [0.05, 0.1) is 76.2 Å². The third-order valence-corrected chi connectivity index (χ3v) is 24.9. The maximum Gasteiger partial charge on any atom is 0.407 e. The minimum atomic E-state index is -1.74. The molecule has 0 spiro atoms. The van der Waals surface area contributed by atoms with Gasteiger partial charge < -0.3 is 89.5 Å². The number of allylic oxidation sites excluding steroid dienone is 6. The molecule has 12 rings (SSSR count). The zero-order valence-electron chi connectivity index (χ0n) is 74.1. The number of oxazole rings is 1. The van der Waals surface area contributed by atoms with Crippen LogP contribution in [-0.2, 0) is 97.6 Å². The summed E-state index contributed by atoms with van der Waals surface area (Å²) < 4.78 is 49.1. The fourth-order valence-corrected chi connectivity index (χ4v) is 17.7. The van der Waals surface area contributed by atoms with E-state index in [1.807, 2.05) is 76.9 Å². The number of ether oxygens (including phenoxy) is 7. The number of alkyl carbamates (subject to hydrolysis) is 1. The van der Waals surface area contributed by atoms with Crippen LogP contribution >= 0.6 is 0 Å². The molecule has 5 aliphatic heterocycles. The van der Waals surface area contributed by atoms with Crippen molar-refractivity contribution in [2.24, 2.45) is 23.7 Å². The summed E-state index contributed by atoms with van der Waals surface area (Å²) in [5.74, 6) is -4.26. The van der Waals surface area contributed by atoms with Gasteiger partial charge in [-0.05, 0) is 162 Å². The number of piperidine rings is 1. The number of piperazine rings is 1. The number of rotatable bonds is 25. The minimum Gasteiger partial charge on any atom is -0.460 e. The fraction of sp³-hybridized carbons (Fsp3) is 0.576. The normalized spacial score (nSPS) is 26.2. The van der Waals surface area contributed by atoms with Crippen molar-refractivity contribution in [2.45, 2.75) is 212 Å². The van der Waals surface area contributed by atoms with Crippen molar-refractivity contribution in [2.75, 3.05) is 123 Å². The van der Waals surface area contributed by atoms with Gasteiger partial charge in [-0.15, -0.1) is 0 Å². The molecule has 35 nitrogen and oxygen atoms in total. The summed E-state index contributed by atoms with van der Waals surface area (Å²) in [5, 5.41) is 33.7. The molecule has 5 amide bonds. The molecule has 2 aromatic carbocycles. The van der Waals surface area contributed by atoms with E-state index in [9.17, 15) is 53.4 Å². The average molecular weight is 1760 g/mol. The number of Topliss-reactive ketones (excluding diaryl/α,β-unsaturated/α-hetero) is 3. The molecule has 2 unspecified atom stereocenters. The first-order valence-electron chi connectivity index (χ1n) is 44.5. The zero-order valence-corrected chi connectivity index (χ0v) is 74.1.